The van der Waals surface area contributed by atoms with Crippen molar-refractivity contribution in [3.63, 3.8) is 0 Å². The summed E-state index contributed by atoms with van der Waals surface area (Å²) in [5.74, 6) is 1.00. The third-order valence-corrected chi connectivity index (χ3v) is 4.16. The number of nitrogens with zero attached hydrogens (tertiary/aromatic N) is 3. The third-order valence-electron chi connectivity index (χ3n) is 3.61. The molecule has 0 fully saturated rings. The maximum absolute atomic E-state index is 6.33. The highest BCUT2D eigenvalue weighted by molar-refractivity contribution is 6.33. The molecule has 2 N–H and O–H groups in total. The van der Waals surface area contributed by atoms with Gasteiger partial charge in [0.05, 0.1) is 16.9 Å². The lowest BCUT2D eigenvalue weighted by Gasteiger charge is -2.12. The van der Waals surface area contributed by atoms with Crippen LogP contribution >= 0.6 is 23.2 Å². The molecule has 0 saturated heterocycles. The molecule has 0 unspecified atom stereocenters. The van der Waals surface area contributed by atoms with Gasteiger partial charge in [0.2, 0.25) is 5.95 Å². The Morgan fingerprint density at radius 2 is 1.80 bits per heavy atom. The lowest BCUT2D eigenvalue weighted by Crippen LogP contribution is -2.06. The summed E-state index contributed by atoms with van der Waals surface area (Å²) < 4.78 is 0. The molecule has 128 valence electrons. The third kappa shape index (κ3) is 4.59. The Morgan fingerprint density at radius 3 is 2.52 bits per heavy atom. The summed E-state index contributed by atoms with van der Waals surface area (Å²) in [5, 5.41) is 15.7. The van der Waals surface area contributed by atoms with Gasteiger partial charge >= 0.3 is 0 Å². The number of nitrogens with one attached hydrogen (secondary N) is 2. The van der Waals surface area contributed by atoms with Crippen molar-refractivity contribution in [3.8, 4) is 0 Å². The average Bonchev–Trinajstić information content (AvgIpc) is 2.58. The molecule has 0 amide bonds. The summed E-state index contributed by atoms with van der Waals surface area (Å²) in [5.41, 5.74) is 4.04. The zero-order valence-corrected chi connectivity index (χ0v) is 15.4. The number of aromatic nitrogens is 3. The van der Waals surface area contributed by atoms with E-state index in [1.807, 2.05) is 44.2 Å². The highest BCUT2D eigenvalue weighted by Crippen LogP contribution is 2.29. The normalized spacial score (nSPS) is 10.6. The van der Waals surface area contributed by atoms with Crippen LogP contribution in [0.4, 0.5) is 17.5 Å². The Kier molecular flexibility index (Phi) is 5.36. The minimum absolute atomic E-state index is 0.431. The Morgan fingerprint density at radius 1 is 1.04 bits per heavy atom. The maximum atomic E-state index is 6.33. The van der Waals surface area contributed by atoms with E-state index in [0.29, 0.717) is 28.4 Å². The highest BCUT2D eigenvalue weighted by atomic mass is 35.5. The van der Waals surface area contributed by atoms with E-state index < -0.39 is 0 Å². The van der Waals surface area contributed by atoms with Gasteiger partial charge in [-0.05, 0) is 48.7 Å². The van der Waals surface area contributed by atoms with Crippen LogP contribution in [0.2, 0.25) is 10.0 Å². The van der Waals surface area contributed by atoms with Gasteiger partial charge in [0, 0.05) is 11.6 Å². The average molecular weight is 374 g/mol. The number of anilines is 3. The van der Waals surface area contributed by atoms with Crippen LogP contribution in [-0.2, 0) is 6.54 Å². The Bertz CT molecular complexity index is 858. The second kappa shape index (κ2) is 7.68. The summed E-state index contributed by atoms with van der Waals surface area (Å²) >= 11 is 12.2. The van der Waals surface area contributed by atoms with Crippen LogP contribution in [0.15, 0.2) is 42.6 Å². The van der Waals surface area contributed by atoms with Gasteiger partial charge in [-0.3, -0.25) is 0 Å². The molecule has 0 spiro atoms. The highest BCUT2D eigenvalue weighted by Gasteiger charge is 2.08. The van der Waals surface area contributed by atoms with Crippen molar-refractivity contribution in [2.24, 2.45) is 0 Å². The Labute approximate surface area is 156 Å². The van der Waals surface area contributed by atoms with Crippen LogP contribution < -0.4 is 10.6 Å². The SMILES string of the molecule is Cc1cc(C)c(Nc2cnnc(NCc3ccc(Cl)cc3)n2)c(Cl)c1. The van der Waals surface area contributed by atoms with E-state index in [1.165, 1.54) is 0 Å². The number of rotatable bonds is 5. The molecule has 0 aliphatic heterocycles. The largest absolute Gasteiger partial charge is 0.349 e. The van der Waals surface area contributed by atoms with Gasteiger partial charge in [-0.15, -0.1) is 5.10 Å². The Balaban J connectivity index is 1.72. The van der Waals surface area contributed by atoms with E-state index in [4.69, 9.17) is 23.2 Å². The summed E-state index contributed by atoms with van der Waals surface area (Å²) in [6, 6.07) is 11.5. The summed E-state index contributed by atoms with van der Waals surface area (Å²) in [6.07, 6.45) is 1.56. The minimum atomic E-state index is 0.431. The molecule has 1 heterocycles. The van der Waals surface area contributed by atoms with Crippen LogP contribution in [0.1, 0.15) is 16.7 Å². The smallest absolute Gasteiger partial charge is 0.244 e. The zero-order chi connectivity index (χ0) is 17.8. The minimum Gasteiger partial charge on any atom is -0.349 e. The van der Waals surface area contributed by atoms with Crippen molar-refractivity contribution in [2.45, 2.75) is 20.4 Å². The monoisotopic (exact) mass is 373 g/mol. The first-order valence-electron chi connectivity index (χ1n) is 7.73. The first-order valence-corrected chi connectivity index (χ1v) is 8.48. The predicted octanol–water partition coefficient (Wildman–Crippen LogP) is 5.15. The number of halogens is 2. The van der Waals surface area contributed by atoms with Crippen LogP contribution in [0.25, 0.3) is 0 Å². The Hall–Kier alpha value is -2.37. The fraction of sp³-hybridized carbons (Fsp3) is 0.167. The molecular formula is C18H17Cl2N5. The van der Waals surface area contributed by atoms with Gasteiger partial charge in [-0.2, -0.15) is 10.1 Å². The lowest BCUT2D eigenvalue weighted by molar-refractivity contribution is 0.948. The fourth-order valence-electron chi connectivity index (χ4n) is 2.42. The van der Waals surface area contributed by atoms with E-state index in [9.17, 15) is 0 Å². The summed E-state index contributed by atoms with van der Waals surface area (Å²) in [6.45, 7) is 4.58. The molecule has 3 aromatic rings. The van der Waals surface area contributed by atoms with Crippen molar-refractivity contribution in [2.75, 3.05) is 10.6 Å². The molecule has 5 nitrogen and oxygen atoms in total. The number of hydrogen-bond donors (Lipinski definition) is 2. The van der Waals surface area contributed by atoms with Crippen molar-refractivity contribution < 1.29 is 0 Å². The van der Waals surface area contributed by atoms with E-state index in [1.54, 1.807) is 6.20 Å². The molecule has 7 heteroatoms. The van der Waals surface area contributed by atoms with Gasteiger partial charge in [0.1, 0.15) is 0 Å². The van der Waals surface area contributed by atoms with E-state index >= 15 is 0 Å². The molecule has 0 saturated carbocycles. The molecule has 25 heavy (non-hydrogen) atoms. The molecule has 1 aromatic heterocycles. The van der Waals surface area contributed by atoms with Crippen molar-refractivity contribution in [1.82, 2.24) is 15.2 Å². The van der Waals surface area contributed by atoms with Gasteiger partial charge in [0.25, 0.3) is 0 Å². The number of aryl methyl sites for hydroxylation is 2. The molecular weight excluding hydrogens is 357 g/mol. The molecule has 2 aromatic carbocycles. The fourth-order valence-corrected chi connectivity index (χ4v) is 2.92. The van der Waals surface area contributed by atoms with Crippen LogP contribution in [0, 0.1) is 13.8 Å². The zero-order valence-electron chi connectivity index (χ0n) is 13.8. The van der Waals surface area contributed by atoms with Crippen LogP contribution in [0.3, 0.4) is 0 Å². The molecule has 0 atom stereocenters. The molecule has 3 rings (SSSR count). The molecule has 0 bridgehead atoms. The van der Waals surface area contributed by atoms with Crippen LogP contribution in [-0.4, -0.2) is 15.2 Å². The maximum Gasteiger partial charge on any atom is 0.244 e. The number of benzene rings is 2. The van der Waals surface area contributed by atoms with Crippen molar-refractivity contribution >= 4 is 40.7 Å². The quantitative estimate of drug-likeness (QED) is 0.647. The molecule has 0 aliphatic carbocycles. The van der Waals surface area contributed by atoms with E-state index in [-0.39, 0.29) is 0 Å². The first kappa shape index (κ1) is 17.5. The summed E-state index contributed by atoms with van der Waals surface area (Å²) in [4.78, 5) is 4.42. The lowest BCUT2D eigenvalue weighted by atomic mass is 10.1. The van der Waals surface area contributed by atoms with E-state index in [0.717, 1.165) is 22.4 Å². The second-order valence-electron chi connectivity index (χ2n) is 5.71. The van der Waals surface area contributed by atoms with Crippen molar-refractivity contribution in [1.29, 1.82) is 0 Å². The van der Waals surface area contributed by atoms with Gasteiger partial charge < -0.3 is 10.6 Å². The van der Waals surface area contributed by atoms with Gasteiger partial charge in [-0.25, -0.2) is 0 Å². The van der Waals surface area contributed by atoms with Crippen LogP contribution in [0.5, 0.6) is 0 Å². The van der Waals surface area contributed by atoms with Crippen molar-refractivity contribution in [3.05, 3.63) is 69.3 Å². The molecule has 0 radical (unpaired) electrons. The molecule has 0 aliphatic rings. The van der Waals surface area contributed by atoms with Gasteiger partial charge in [0.15, 0.2) is 5.82 Å². The second-order valence-corrected chi connectivity index (χ2v) is 6.55. The standard InChI is InChI=1S/C18H17Cl2N5/c1-11-7-12(2)17(15(20)8-11)23-16-10-22-25-18(24-16)21-9-13-3-5-14(19)6-4-13/h3-8,10H,9H2,1-2H3,(H2,21,23,24,25). The van der Waals surface area contributed by atoms with E-state index in [2.05, 4.69) is 31.9 Å². The van der Waals surface area contributed by atoms with Gasteiger partial charge in [-0.1, -0.05) is 41.4 Å². The summed E-state index contributed by atoms with van der Waals surface area (Å²) in [7, 11) is 0. The predicted molar refractivity (Wildman–Crippen MR) is 103 cm³/mol. The first-order chi connectivity index (χ1) is 12.0. The topological polar surface area (TPSA) is 62.7 Å². The number of hydrogen-bond acceptors (Lipinski definition) is 5.